The highest BCUT2D eigenvalue weighted by atomic mass is 35.5. The summed E-state index contributed by atoms with van der Waals surface area (Å²) in [6.07, 6.45) is 7.93. The Bertz CT molecular complexity index is 482. The van der Waals surface area contributed by atoms with Crippen LogP contribution in [-0.2, 0) is 0 Å². The summed E-state index contributed by atoms with van der Waals surface area (Å²) in [7, 11) is 0. The van der Waals surface area contributed by atoms with Crippen LogP contribution in [0.5, 0.6) is 0 Å². The number of hydrazone groups is 1. The van der Waals surface area contributed by atoms with Crippen molar-refractivity contribution in [3.05, 3.63) is 33.8 Å². The molecule has 0 radical (unpaired) electrons. The molecule has 1 aromatic rings. The van der Waals surface area contributed by atoms with Crippen LogP contribution in [-0.4, -0.2) is 12.1 Å². The number of halogens is 2. The predicted molar refractivity (Wildman–Crippen MR) is 79.0 cm³/mol. The zero-order valence-corrected chi connectivity index (χ0v) is 12.0. The Labute approximate surface area is 123 Å². The summed E-state index contributed by atoms with van der Waals surface area (Å²) in [5.41, 5.74) is 2.89. The van der Waals surface area contributed by atoms with Crippen LogP contribution < -0.4 is 5.43 Å². The molecular formula is C14H16Cl2N2O. The molecule has 3 nitrogen and oxygen atoms in total. The van der Waals surface area contributed by atoms with E-state index >= 15 is 0 Å². The van der Waals surface area contributed by atoms with E-state index in [0.29, 0.717) is 21.5 Å². The number of benzene rings is 1. The van der Waals surface area contributed by atoms with E-state index in [-0.39, 0.29) is 5.91 Å². The molecular weight excluding hydrogens is 283 g/mol. The summed E-state index contributed by atoms with van der Waals surface area (Å²) >= 11 is 11.7. The zero-order chi connectivity index (χ0) is 13.7. The van der Waals surface area contributed by atoms with Gasteiger partial charge in [0.15, 0.2) is 0 Å². The molecule has 1 aromatic carbocycles. The minimum atomic E-state index is -0.311. The van der Waals surface area contributed by atoms with Gasteiger partial charge in [-0.15, -0.1) is 0 Å². The lowest BCUT2D eigenvalue weighted by Gasteiger charge is -2.16. The first-order valence-electron chi connectivity index (χ1n) is 6.45. The van der Waals surface area contributed by atoms with Gasteiger partial charge in [0.25, 0.3) is 5.91 Å². The summed E-state index contributed by atoms with van der Waals surface area (Å²) in [6, 6.07) is 4.77. The number of amides is 1. The molecule has 102 valence electrons. The number of nitrogens with one attached hydrogen (secondary N) is 1. The largest absolute Gasteiger partial charge is 0.272 e. The standard InChI is InChI=1S/C14H16Cl2N2O/c15-11-6-7-12(13(16)8-11)14(19)18-17-9-10-4-2-1-3-5-10/h6-10H,1-5H2,(H,18,19)/b17-9+. The van der Waals surface area contributed by atoms with Gasteiger partial charge >= 0.3 is 0 Å². The van der Waals surface area contributed by atoms with Gasteiger partial charge in [-0.05, 0) is 37.0 Å². The summed E-state index contributed by atoms with van der Waals surface area (Å²) in [5.74, 6) is 0.170. The van der Waals surface area contributed by atoms with E-state index in [1.165, 1.54) is 19.3 Å². The average Bonchev–Trinajstić information content (AvgIpc) is 2.39. The van der Waals surface area contributed by atoms with Gasteiger partial charge in [-0.25, -0.2) is 5.43 Å². The van der Waals surface area contributed by atoms with Crippen molar-refractivity contribution in [3.63, 3.8) is 0 Å². The molecule has 2 rings (SSSR count). The fraction of sp³-hybridized carbons (Fsp3) is 0.429. The molecule has 1 fully saturated rings. The Morgan fingerprint density at radius 2 is 2.00 bits per heavy atom. The smallest absolute Gasteiger partial charge is 0.267 e. The molecule has 5 heteroatoms. The van der Waals surface area contributed by atoms with E-state index in [4.69, 9.17) is 23.2 Å². The minimum Gasteiger partial charge on any atom is -0.267 e. The van der Waals surface area contributed by atoms with E-state index in [2.05, 4.69) is 10.5 Å². The fourth-order valence-corrected chi connectivity index (χ4v) is 2.71. The van der Waals surface area contributed by atoms with Gasteiger partial charge in [-0.2, -0.15) is 5.10 Å². The first-order chi connectivity index (χ1) is 9.16. The first kappa shape index (κ1) is 14.4. The first-order valence-corrected chi connectivity index (χ1v) is 7.21. The van der Waals surface area contributed by atoms with Crippen molar-refractivity contribution in [1.82, 2.24) is 5.43 Å². The molecule has 0 aliphatic heterocycles. The molecule has 1 N–H and O–H groups in total. The molecule has 0 saturated heterocycles. The van der Waals surface area contributed by atoms with Crippen LogP contribution in [0.15, 0.2) is 23.3 Å². The van der Waals surface area contributed by atoms with Crippen LogP contribution in [0.3, 0.4) is 0 Å². The van der Waals surface area contributed by atoms with Crippen LogP contribution in [0.2, 0.25) is 10.0 Å². The van der Waals surface area contributed by atoms with E-state index in [0.717, 1.165) is 12.8 Å². The van der Waals surface area contributed by atoms with Crippen LogP contribution in [0.25, 0.3) is 0 Å². The van der Waals surface area contributed by atoms with Gasteiger partial charge in [0.05, 0.1) is 10.6 Å². The number of hydrogen-bond donors (Lipinski definition) is 1. The highest BCUT2D eigenvalue weighted by Crippen LogP contribution is 2.22. The lowest BCUT2D eigenvalue weighted by molar-refractivity contribution is 0.0955. The molecule has 1 amide bonds. The summed E-state index contributed by atoms with van der Waals surface area (Å²) in [5, 5.41) is 4.86. The molecule has 1 saturated carbocycles. The number of carbonyl (C=O) groups excluding carboxylic acids is 1. The summed E-state index contributed by atoms with van der Waals surface area (Å²) in [4.78, 5) is 11.9. The Balaban J connectivity index is 1.91. The molecule has 0 atom stereocenters. The maximum atomic E-state index is 11.9. The van der Waals surface area contributed by atoms with Crippen molar-refractivity contribution in [2.24, 2.45) is 11.0 Å². The highest BCUT2D eigenvalue weighted by Gasteiger charge is 2.12. The Hall–Kier alpha value is -1.06. The molecule has 0 aromatic heterocycles. The van der Waals surface area contributed by atoms with Crippen molar-refractivity contribution >= 4 is 35.3 Å². The molecule has 0 bridgehead atoms. The van der Waals surface area contributed by atoms with Gasteiger partial charge in [0.2, 0.25) is 0 Å². The molecule has 19 heavy (non-hydrogen) atoms. The molecule has 0 spiro atoms. The monoisotopic (exact) mass is 298 g/mol. The maximum Gasteiger partial charge on any atom is 0.272 e. The second kappa shape index (κ2) is 6.92. The van der Waals surface area contributed by atoms with E-state index in [9.17, 15) is 4.79 Å². The van der Waals surface area contributed by atoms with Crippen molar-refractivity contribution in [2.75, 3.05) is 0 Å². The maximum absolute atomic E-state index is 11.9. The fourth-order valence-electron chi connectivity index (χ4n) is 2.22. The van der Waals surface area contributed by atoms with Gasteiger partial charge in [-0.1, -0.05) is 42.5 Å². The third-order valence-electron chi connectivity index (χ3n) is 3.28. The second-order valence-corrected chi connectivity index (χ2v) is 5.58. The summed E-state index contributed by atoms with van der Waals surface area (Å²) < 4.78 is 0. The van der Waals surface area contributed by atoms with Crippen LogP contribution >= 0.6 is 23.2 Å². The van der Waals surface area contributed by atoms with Crippen molar-refractivity contribution in [1.29, 1.82) is 0 Å². The van der Waals surface area contributed by atoms with Gasteiger partial charge in [0, 0.05) is 11.2 Å². The topological polar surface area (TPSA) is 41.5 Å². The molecule has 0 heterocycles. The minimum absolute atomic E-state index is 0.311. The van der Waals surface area contributed by atoms with Crippen LogP contribution in [0.4, 0.5) is 0 Å². The highest BCUT2D eigenvalue weighted by molar-refractivity contribution is 6.36. The number of hydrogen-bond acceptors (Lipinski definition) is 2. The second-order valence-electron chi connectivity index (χ2n) is 4.74. The van der Waals surface area contributed by atoms with Crippen molar-refractivity contribution < 1.29 is 4.79 Å². The van der Waals surface area contributed by atoms with Gasteiger partial charge in [0.1, 0.15) is 0 Å². The zero-order valence-electron chi connectivity index (χ0n) is 10.5. The van der Waals surface area contributed by atoms with Crippen molar-refractivity contribution in [3.8, 4) is 0 Å². The quantitative estimate of drug-likeness (QED) is 0.656. The normalized spacial score (nSPS) is 16.7. The molecule has 1 aliphatic carbocycles. The Morgan fingerprint density at radius 3 is 2.68 bits per heavy atom. The summed E-state index contributed by atoms with van der Waals surface area (Å²) in [6.45, 7) is 0. The van der Waals surface area contributed by atoms with E-state index in [1.54, 1.807) is 18.2 Å². The average molecular weight is 299 g/mol. The van der Waals surface area contributed by atoms with E-state index in [1.807, 2.05) is 6.21 Å². The lowest BCUT2D eigenvalue weighted by atomic mass is 9.90. The van der Waals surface area contributed by atoms with Gasteiger partial charge < -0.3 is 0 Å². The van der Waals surface area contributed by atoms with Crippen LogP contribution in [0.1, 0.15) is 42.5 Å². The number of rotatable bonds is 3. The Kier molecular flexibility index (Phi) is 5.23. The van der Waals surface area contributed by atoms with Gasteiger partial charge in [-0.3, -0.25) is 4.79 Å². The number of nitrogens with zero attached hydrogens (tertiary/aromatic N) is 1. The molecule has 0 unspecified atom stereocenters. The lowest BCUT2D eigenvalue weighted by Crippen LogP contribution is -2.19. The van der Waals surface area contributed by atoms with Crippen molar-refractivity contribution in [2.45, 2.75) is 32.1 Å². The third-order valence-corrected chi connectivity index (χ3v) is 3.82. The SMILES string of the molecule is O=C(N/N=C/C1CCCCC1)c1ccc(Cl)cc1Cl. The van der Waals surface area contributed by atoms with Crippen LogP contribution in [0, 0.1) is 5.92 Å². The number of carbonyl (C=O) groups is 1. The predicted octanol–water partition coefficient (Wildman–Crippen LogP) is 4.29. The van der Waals surface area contributed by atoms with E-state index < -0.39 is 0 Å². The Morgan fingerprint density at radius 1 is 1.26 bits per heavy atom. The third kappa shape index (κ3) is 4.22. The molecule has 1 aliphatic rings.